The summed E-state index contributed by atoms with van der Waals surface area (Å²) in [4.78, 5) is 22.6. The van der Waals surface area contributed by atoms with Crippen LogP contribution >= 0.6 is 11.6 Å². The monoisotopic (exact) mass is 443 g/mol. The van der Waals surface area contributed by atoms with E-state index in [9.17, 15) is 14.9 Å². The van der Waals surface area contributed by atoms with Crippen LogP contribution in [0, 0.1) is 10.1 Å². The number of nitro benzene ring substituents is 1. The molecular formula is C21H18ClN3O6. The number of rotatable bonds is 8. The van der Waals surface area contributed by atoms with Gasteiger partial charge in [-0.25, -0.2) is 5.43 Å². The molecule has 10 heteroatoms. The van der Waals surface area contributed by atoms with Gasteiger partial charge in [0.15, 0.2) is 11.5 Å². The number of hydrogen-bond acceptors (Lipinski definition) is 7. The zero-order valence-corrected chi connectivity index (χ0v) is 17.4. The van der Waals surface area contributed by atoms with Gasteiger partial charge in [0.25, 0.3) is 5.69 Å². The van der Waals surface area contributed by atoms with E-state index in [0.29, 0.717) is 33.6 Å². The number of halogens is 1. The molecule has 0 radical (unpaired) electrons. The highest BCUT2D eigenvalue weighted by molar-refractivity contribution is 6.33. The lowest BCUT2D eigenvalue weighted by atomic mass is 10.1. The molecule has 3 rings (SSSR count). The minimum atomic E-state index is -0.515. The van der Waals surface area contributed by atoms with Gasteiger partial charge in [0.1, 0.15) is 11.5 Å². The van der Waals surface area contributed by atoms with Gasteiger partial charge in [-0.2, -0.15) is 5.10 Å². The Morgan fingerprint density at radius 1 is 1.16 bits per heavy atom. The lowest BCUT2D eigenvalue weighted by Crippen LogP contribution is -2.19. The summed E-state index contributed by atoms with van der Waals surface area (Å²) in [5.41, 5.74) is 3.42. The first kappa shape index (κ1) is 21.8. The number of benzene rings is 2. The van der Waals surface area contributed by atoms with Crippen molar-refractivity contribution in [3.8, 4) is 22.8 Å². The van der Waals surface area contributed by atoms with Gasteiger partial charge < -0.3 is 13.9 Å². The Bertz CT molecular complexity index is 1140. The van der Waals surface area contributed by atoms with E-state index < -0.39 is 4.92 Å². The molecule has 160 valence electrons. The zero-order valence-electron chi connectivity index (χ0n) is 16.6. The Hall–Kier alpha value is -3.85. The van der Waals surface area contributed by atoms with Crippen LogP contribution in [0.25, 0.3) is 11.3 Å². The fourth-order valence-electron chi connectivity index (χ4n) is 2.77. The minimum Gasteiger partial charge on any atom is -0.493 e. The number of hydrogen-bond donors (Lipinski definition) is 1. The summed E-state index contributed by atoms with van der Waals surface area (Å²) in [6.45, 7) is 0. The number of nitrogens with zero attached hydrogens (tertiary/aromatic N) is 2. The van der Waals surface area contributed by atoms with Crippen LogP contribution in [0.15, 0.2) is 58.0 Å². The molecule has 0 aliphatic rings. The molecule has 9 nitrogen and oxygen atoms in total. The van der Waals surface area contributed by atoms with E-state index in [1.165, 1.54) is 38.6 Å². The van der Waals surface area contributed by atoms with Crippen molar-refractivity contribution in [1.82, 2.24) is 5.43 Å². The molecule has 1 N–H and O–H groups in total. The molecule has 0 bridgehead atoms. The second kappa shape index (κ2) is 9.77. The third kappa shape index (κ3) is 5.40. The van der Waals surface area contributed by atoms with Crippen LogP contribution in [0.2, 0.25) is 5.02 Å². The Morgan fingerprint density at radius 3 is 2.65 bits per heavy atom. The average Bonchev–Trinajstić information content (AvgIpc) is 3.22. The number of carbonyl (C=O) groups excluding carboxylic acids is 1. The lowest BCUT2D eigenvalue weighted by Gasteiger charge is -2.09. The van der Waals surface area contributed by atoms with E-state index in [-0.39, 0.29) is 18.0 Å². The summed E-state index contributed by atoms with van der Waals surface area (Å²) < 4.78 is 16.0. The summed E-state index contributed by atoms with van der Waals surface area (Å²) in [6.07, 6.45) is 1.41. The first-order chi connectivity index (χ1) is 14.9. The van der Waals surface area contributed by atoms with Gasteiger partial charge in [0.05, 0.1) is 36.8 Å². The van der Waals surface area contributed by atoms with Gasteiger partial charge in [-0.05, 0) is 35.9 Å². The predicted octanol–water partition coefficient (Wildman–Crippen LogP) is 4.22. The van der Waals surface area contributed by atoms with Crippen molar-refractivity contribution in [3.05, 3.63) is 75.0 Å². The summed E-state index contributed by atoms with van der Waals surface area (Å²) in [5, 5.41) is 15.1. The van der Waals surface area contributed by atoms with Crippen LogP contribution in [-0.4, -0.2) is 31.3 Å². The van der Waals surface area contributed by atoms with E-state index in [2.05, 4.69) is 10.5 Å². The molecule has 0 unspecified atom stereocenters. The largest absolute Gasteiger partial charge is 0.493 e. The van der Waals surface area contributed by atoms with Gasteiger partial charge in [0.2, 0.25) is 5.91 Å². The molecule has 1 aromatic heterocycles. The molecule has 0 atom stereocenters. The lowest BCUT2D eigenvalue weighted by molar-refractivity contribution is -0.384. The standard InChI is InChI=1S/C21H18ClN3O6/c1-29-19-7-3-13(9-20(19)30-2)10-21(26)24-23-12-15-5-8-18(31-15)16-11-14(25(27)28)4-6-17(16)22/h3-9,11-12H,10H2,1-2H3,(H,24,26). The minimum absolute atomic E-state index is 0.0877. The molecule has 0 fully saturated rings. The third-order valence-electron chi connectivity index (χ3n) is 4.25. The molecule has 31 heavy (non-hydrogen) atoms. The Kier molecular flexibility index (Phi) is 6.88. The zero-order chi connectivity index (χ0) is 22.4. The number of non-ortho nitro benzene ring substituents is 1. The highest BCUT2D eigenvalue weighted by atomic mass is 35.5. The van der Waals surface area contributed by atoms with Crippen molar-refractivity contribution in [3.63, 3.8) is 0 Å². The van der Waals surface area contributed by atoms with Crippen LogP contribution in [0.4, 0.5) is 5.69 Å². The molecule has 1 heterocycles. The summed E-state index contributed by atoms with van der Waals surface area (Å²) >= 11 is 6.12. The number of nitro groups is 1. The maximum Gasteiger partial charge on any atom is 0.270 e. The molecule has 3 aromatic rings. The molecule has 0 saturated carbocycles. The van der Waals surface area contributed by atoms with Gasteiger partial charge in [0, 0.05) is 17.7 Å². The molecule has 2 aromatic carbocycles. The Balaban J connectivity index is 1.64. The van der Waals surface area contributed by atoms with E-state index in [1.54, 1.807) is 30.3 Å². The third-order valence-corrected chi connectivity index (χ3v) is 4.58. The SMILES string of the molecule is COc1ccc(CC(=O)NN=Cc2ccc(-c3cc([N+](=O)[O-])ccc3Cl)o2)cc1OC. The molecular weight excluding hydrogens is 426 g/mol. The smallest absolute Gasteiger partial charge is 0.270 e. The molecule has 0 aliphatic carbocycles. The first-order valence-corrected chi connectivity index (χ1v) is 9.36. The summed E-state index contributed by atoms with van der Waals surface area (Å²) in [5.74, 6) is 1.44. The quantitative estimate of drug-likeness (QED) is 0.316. The van der Waals surface area contributed by atoms with Crippen LogP contribution in [0.1, 0.15) is 11.3 Å². The van der Waals surface area contributed by atoms with Crippen LogP contribution in [0.3, 0.4) is 0 Å². The van der Waals surface area contributed by atoms with E-state index in [1.807, 2.05) is 0 Å². The van der Waals surface area contributed by atoms with Gasteiger partial charge in [-0.3, -0.25) is 14.9 Å². The van der Waals surface area contributed by atoms with Gasteiger partial charge in [-0.15, -0.1) is 0 Å². The van der Waals surface area contributed by atoms with E-state index in [4.69, 9.17) is 25.5 Å². The number of carbonyl (C=O) groups is 1. The van der Waals surface area contributed by atoms with Crippen LogP contribution < -0.4 is 14.9 Å². The second-order valence-corrected chi connectivity index (χ2v) is 6.69. The Labute approximate surface area is 182 Å². The average molecular weight is 444 g/mol. The maximum atomic E-state index is 12.1. The number of nitrogens with one attached hydrogen (secondary N) is 1. The summed E-state index contributed by atoms with van der Waals surface area (Å²) in [7, 11) is 3.05. The highest BCUT2D eigenvalue weighted by Crippen LogP contribution is 2.32. The van der Waals surface area contributed by atoms with Crippen LogP contribution in [0.5, 0.6) is 11.5 Å². The molecule has 0 spiro atoms. The number of ether oxygens (including phenoxy) is 2. The maximum absolute atomic E-state index is 12.1. The van der Waals surface area contributed by atoms with Crippen molar-refractivity contribution in [2.24, 2.45) is 5.10 Å². The fraction of sp³-hybridized carbons (Fsp3) is 0.143. The number of amides is 1. The van der Waals surface area contributed by atoms with E-state index in [0.717, 1.165) is 5.56 Å². The molecule has 0 saturated heterocycles. The van der Waals surface area contributed by atoms with E-state index >= 15 is 0 Å². The number of methoxy groups -OCH3 is 2. The molecule has 1 amide bonds. The predicted molar refractivity (Wildman–Crippen MR) is 115 cm³/mol. The van der Waals surface area contributed by atoms with Gasteiger partial charge in [-0.1, -0.05) is 17.7 Å². The first-order valence-electron chi connectivity index (χ1n) is 8.98. The van der Waals surface area contributed by atoms with Crippen LogP contribution in [-0.2, 0) is 11.2 Å². The molecule has 0 aliphatic heterocycles. The number of hydrazone groups is 1. The summed E-state index contributed by atoms with van der Waals surface area (Å²) in [6, 6.07) is 12.5. The number of furan rings is 1. The normalized spacial score (nSPS) is 10.8. The highest BCUT2D eigenvalue weighted by Gasteiger charge is 2.14. The van der Waals surface area contributed by atoms with Crippen molar-refractivity contribution in [2.45, 2.75) is 6.42 Å². The Morgan fingerprint density at radius 2 is 1.94 bits per heavy atom. The van der Waals surface area contributed by atoms with Gasteiger partial charge >= 0.3 is 0 Å². The van der Waals surface area contributed by atoms with Crippen molar-refractivity contribution in [2.75, 3.05) is 14.2 Å². The van der Waals surface area contributed by atoms with Crippen molar-refractivity contribution >= 4 is 29.4 Å². The van der Waals surface area contributed by atoms with Crippen molar-refractivity contribution in [1.29, 1.82) is 0 Å². The fourth-order valence-corrected chi connectivity index (χ4v) is 2.98. The van der Waals surface area contributed by atoms with Crippen molar-refractivity contribution < 1.29 is 23.6 Å². The second-order valence-electron chi connectivity index (χ2n) is 6.28. The topological polar surface area (TPSA) is 116 Å².